The Morgan fingerprint density at radius 3 is 2.49 bits per heavy atom. The predicted molar refractivity (Wildman–Crippen MR) is 136 cm³/mol. The van der Waals surface area contributed by atoms with Crippen molar-refractivity contribution in [1.29, 1.82) is 0 Å². The molecule has 1 aliphatic heterocycles. The summed E-state index contributed by atoms with van der Waals surface area (Å²) in [5.74, 6) is 0.863. The van der Waals surface area contributed by atoms with Crippen molar-refractivity contribution in [3.05, 3.63) is 35.0 Å². The molecule has 35 heavy (non-hydrogen) atoms. The zero-order valence-electron chi connectivity index (χ0n) is 21.4. The van der Waals surface area contributed by atoms with Crippen LogP contribution < -0.4 is 5.32 Å². The van der Waals surface area contributed by atoms with Crippen molar-refractivity contribution in [2.24, 2.45) is 11.8 Å². The largest absolute Gasteiger partial charge is 0.381 e. The summed E-state index contributed by atoms with van der Waals surface area (Å²) in [4.78, 5) is 41.8. The van der Waals surface area contributed by atoms with Gasteiger partial charge in [-0.1, -0.05) is 0 Å². The van der Waals surface area contributed by atoms with Crippen LogP contribution in [0.25, 0.3) is 10.9 Å². The predicted octanol–water partition coefficient (Wildman–Crippen LogP) is 3.30. The summed E-state index contributed by atoms with van der Waals surface area (Å²) in [6.07, 6.45) is 5.01. The van der Waals surface area contributed by atoms with Gasteiger partial charge in [0.1, 0.15) is 0 Å². The Kier molecular flexibility index (Phi) is 7.79. The number of nitrogens with one attached hydrogen (secondary N) is 1. The number of hydrogen-bond acceptors (Lipinski definition) is 4. The molecular weight excluding hydrogens is 444 g/mol. The number of fused-ring (bicyclic) bond motifs is 3. The summed E-state index contributed by atoms with van der Waals surface area (Å²) in [5.41, 5.74) is 3.67. The zero-order valence-corrected chi connectivity index (χ0v) is 21.4. The van der Waals surface area contributed by atoms with E-state index in [4.69, 9.17) is 4.74 Å². The maximum Gasteiger partial charge on any atom is 0.328 e. The number of benzene rings is 1. The minimum Gasteiger partial charge on any atom is -0.381 e. The molecule has 0 bridgehead atoms. The molecule has 2 heterocycles. The van der Waals surface area contributed by atoms with E-state index in [0.717, 1.165) is 61.9 Å². The Bertz CT molecular complexity index is 1100. The molecule has 0 spiro atoms. The standard InChI is InChI=1S/C27H38N4O4/c1-5-28-25(32)17-30(6-2)26(33)20-8-10-24-22(16-20)21-15-19(18-11-13-35-14-12-18)7-9-23(21)31(24)27(34)29(3)4/h8,10,16,18-19H,5-7,9,11-15,17H2,1-4H3,(H,28,32). The highest BCUT2D eigenvalue weighted by Crippen LogP contribution is 2.40. The molecule has 3 amide bonds. The highest BCUT2D eigenvalue weighted by Gasteiger charge is 2.33. The van der Waals surface area contributed by atoms with Gasteiger partial charge in [-0.05, 0) is 81.5 Å². The molecule has 190 valence electrons. The number of hydrogen-bond donors (Lipinski definition) is 1. The number of aromatic nitrogens is 1. The van der Waals surface area contributed by atoms with Gasteiger partial charge in [-0.2, -0.15) is 0 Å². The molecule has 4 rings (SSSR count). The van der Waals surface area contributed by atoms with Crippen molar-refractivity contribution in [1.82, 2.24) is 19.7 Å². The van der Waals surface area contributed by atoms with Gasteiger partial charge in [-0.3, -0.25) is 14.2 Å². The van der Waals surface area contributed by atoms with E-state index in [0.29, 0.717) is 30.5 Å². The van der Waals surface area contributed by atoms with E-state index in [1.807, 2.05) is 30.5 Å². The van der Waals surface area contributed by atoms with E-state index < -0.39 is 0 Å². The smallest absolute Gasteiger partial charge is 0.328 e. The maximum atomic E-state index is 13.3. The Morgan fingerprint density at radius 2 is 1.83 bits per heavy atom. The van der Waals surface area contributed by atoms with Crippen LogP contribution >= 0.6 is 0 Å². The fourth-order valence-electron chi connectivity index (χ4n) is 5.66. The monoisotopic (exact) mass is 482 g/mol. The van der Waals surface area contributed by atoms with Crippen molar-refractivity contribution in [3.8, 4) is 0 Å². The Balaban J connectivity index is 1.72. The number of carbonyl (C=O) groups is 3. The van der Waals surface area contributed by atoms with Crippen LogP contribution in [0, 0.1) is 11.8 Å². The van der Waals surface area contributed by atoms with Crippen molar-refractivity contribution in [2.45, 2.75) is 46.0 Å². The molecule has 1 aliphatic carbocycles. The lowest BCUT2D eigenvalue weighted by atomic mass is 9.75. The minimum absolute atomic E-state index is 0.0330. The summed E-state index contributed by atoms with van der Waals surface area (Å²) in [6.45, 7) is 6.40. The van der Waals surface area contributed by atoms with Gasteiger partial charge in [0.15, 0.2) is 0 Å². The first kappa shape index (κ1) is 25.2. The fraction of sp³-hybridized carbons (Fsp3) is 0.593. The molecule has 1 N–H and O–H groups in total. The van der Waals surface area contributed by atoms with Crippen molar-refractivity contribution >= 4 is 28.7 Å². The first-order chi connectivity index (χ1) is 16.8. The van der Waals surface area contributed by atoms with Gasteiger partial charge in [0, 0.05) is 57.0 Å². The summed E-state index contributed by atoms with van der Waals surface area (Å²) in [7, 11) is 3.54. The molecule has 1 saturated heterocycles. The molecule has 8 heteroatoms. The second-order valence-electron chi connectivity index (χ2n) is 9.90. The fourth-order valence-corrected chi connectivity index (χ4v) is 5.66. The van der Waals surface area contributed by atoms with Crippen LogP contribution in [0.4, 0.5) is 4.79 Å². The molecular formula is C27H38N4O4. The Morgan fingerprint density at radius 1 is 1.09 bits per heavy atom. The number of nitrogens with zero attached hydrogens (tertiary/aromatic N) is 3. The Labute approximate surface area is 207 Å². The summed E-state index contributed by atoms with van der Waals surface area (Å²) in [5, 5.41) is 3.74. The highest BCUT2D eigenvalue weighted by atomic mass is 16.5. The number of likely N-dealkylation sites (N-methyl/N-ethyl adjacent to an activating group) is 2. The third kappa shape index (κ3) is 5.08. The van der Waals surface area contributed by atoms with Gasteiger partial charge in [0.05, 0.1) is 12.1 Å². The number of rotatable bonds is 6. The van der Waals surface area contributed by atoms with E-state index >= 15 is 0 Å². The van der Waals surface area contributed by atoms with Crippen molar-refractivity contribution in [3.63, 3.8) is 0 Å². The van der Waals surface area contributed by atoms with Crippen LogP contribution in [0.1, 0.15) is 54.7 Å². The van der Waals surface area contributed by atoms with Crippen LogP contribution in [0.3, 0.4) is 0 Å². The average Bonchev–Trinajstić information content (AvgIpc) is 3.19. The molecule has 1 fully saturated rings. The van der Waals surface area contributed by atoms with Crippen LogP contribution in [0.2, 0.25) is 0 Å². The first-order valence-corrected chi connectivity index (χ1v) is 12.9. The highest BCUT2D eigenvalue weighted by molar-refractivity contribution is 6.02. The third-order valence-corrected chi connectivity index (χ3v) is 7.53. The normalized spacial score (nSPS) is 18.2. The topological polar surface area (TPSA) is 83.9 Å². The second kappa shape index (κ2) is 10.8. The van der Waals surface area contributed by atoms with Gasteiger partial charge in [-0.25, -0.2) is 4.79 Å². The molecule has 2 aliphatic rings. The lowest BCUT2D eigenvalue weighted by molar-refractivity contribution is -0.121. The van der Waals surface area contributed by atoms with E-state index in [9.17, 15) is 14.4 Å². The van der Waals surface area contributed by atoms with Gasteiger partial charge < -0.3 is 19.9 Å². The third-order valence-electron chi connectivity index (χ3n) is 7.53. The van der Waals surface area contributed by atoms with Crippen LogP contribution in [-0.2, 0) is 22.4 Å². The quantitative estimate of drug-likeness (QED) is 0.685. The van der Waals surface area contributed by atoms with Crippen molar-refractivity contribution in [2.75, 3.05) is 46.9 Å². The van der Waals surface area contributed by atoms with Gasteiger partial charge in [-0.15, -0.1) is 0 Å². The molecule has 8 nitrogen and oxygen atoms in total. The number of ether oxygens (including phenoxy) is 1. The summed E-state index contributed by atoms with van der Waals surface area (Å²) >= 11 is 0. The van der Waals surface area contributed by atoms with Crippen molar-refractivity contribution < 1.29 is 19.1 Å². The molecule has 1 unspecified atom stereocenters. The first-order valence-electron chi connectivity index (χ1n) is 12.9. The lowest BCUT2D eigenvalue weighted by Gasteiger charge is -2.33. The second-order valence-corrected chi connectivity index (χ2v) is 9.90. The van der Waals surface area contributed by atoms with Crippen LogP contribution in [0.5, 0.6) is 0 Å². The van der Waals surface area contributed by atoms with E-state index in [1.165, 1.54) is 5.56 Å². The molecule has 1 aromatic heterocycles. The molecule has 0 saturated carbocycles. The van der Waals surface area contributed by atoms with Gasteiger partial charge >= 0.3 is 6.03 Å². The average molecular weight is 483 g/mol. The van der Waals surface area contributed by atoms with Gasteiger partial charge in [0.25, 0.3) is 5.91 Å². The SMILES string of the molecule is CCNC(=O)CN(CC)C(=O)c1ccc2c(c1)c1c(n2C(=O)N(C)C)CCC(C2CCOCC2)C1. The van der Waals surface area contributed by atoms with Crippen LogP contribution in [-0.4, -0.2) is 79.2 Å². The summed E-state index contributed by atoms with van der Waals surface area (Å²) in [6, 6.07) is 5.55. The number of amides is 3. The molecule has 0 radical (unpaired) electrons. The minimum atomic E-state index is -0.169. The zero-order chi connectivity index (χ0) is 25.1. The van der Waals surface area contributed by atoms with Gasteiger partial charge in [0.2, 0.25) is 5.91 Å². The number of carbonyl (C=O) groups excluding carboxylic acids is 3. The Hall–Kier alpha value is -2.87. The van der Waals surface area contributed by atoms with Crippen LogP contribution in [0.15, 0.2) is 18.2 Å². The maximum absolute atomic E-state index is 13.3. The van der Waals surface area contributed by atoms with E-state index in [2.05, 4.69) is 5.32 Å². The van der Waals surface area contributed by atoms with E-state index in [1.54, 1.807) is 30.0 Å². The lowest BCUT2D eigenvalue weighted by Crippen LogP contribution is -2.40. The summed E-state index contributed by atoms with van der Waals surface area (Å²) < 4.78 is 7.42. The van der Waals surface area contributed by atoms with E-state index in [-0.39, 0.29) is 24.4 Å². The molecule has 1 atom stereocenters. The molecule has 2 aromatic rings. The molecule has 1 aromatic carbocycles.